The average molecular weight is 332 g/mol. The summed E-state index contributed by atoms with van der Waals surface area (Å²) in [4.78, 5) is 15.0. The van der Waals surface area contributed by atoms with Crippen LogP contribution < -0.4 is 14.8 Å². The maximum Gasteiger partial charge on any atom is 0.251 e. The van der Waals surface area contributed by atoms with Gasteiger partial charge in [0.25, 0.3) is 5.91 Å². The van der Waals surface area contributed by atoms with Crippen LogP contribution in [0.4, 0.5) is 0 Å². The highest BCUT2D eigenvalue weighted by Crippen LogP contribution is 2.36. The number of amides is 1. The van der Waals surface area contributed by atoms with Crippen molar-refractivity contribution in [2.45, 2.75) is 31.7 Å². The lowest BCUT2D eigenvalue weighted by molar-refractivity contribution is 0.0771. The summed E-state index contributed by atoms with van der Waals surface area (Å²) in [6.07, 6.45) is 4.65. The Hall–Kier alpha value is -1.75. The molecule has 1 amide bonds. The number of ether oxygens (including phenoxy) is 2. The molecule has 3 rings (SSSR count). The number of rotatable bonds is 4. The van der Waals surface area contributed by atoms with Crippen LogP contribution in [0.25, 0.3) is 0 Å². The number of piperidine rings is 1. The molecule has 2 aliphatic rings. The first-order valence-electron chi connectivity index (χ1n) is 8.82. The van der Waals surface area contributed by atoms with Gasteiger partial charge < -0.3 is 19.7 Å². The Morgan fingerprint density at radius 3 is 2.67 bits per heavy atom. The molecule has 3 atom stereocenters. The van der Waals surface area contributed by atoms with Crippen LogP contribution in [0.5, 0.6) is 11.5 Å². The zero-order valence-corrected chi connectivity index (χ0v) is 14.9. The van der Waals surface area contributed by atoms with E-state index in [2.05, 4.69) is 17.3 Å². The molecule has 1 aromatic rings. The number of fused-ring (bicyclic) bond motifs is 1. The van der Waals surface area contributed by atoms with Gasteiger partial charge in [-0.15, -0.1) is 0 Å². The van der Waals surface area contributed by atoms with Gasteiger partial charge in [0, 0.05) is 18.2 Å². The van der Waals surface area contributed by atoms with E-state index in [4.69, 9.17) is 9.47 Å². The van der Waals surface area contributed by atoms with Crippen molar-refractivity contribution < 1.29 is 14.3 Å². The Morgan fingerprint density at radius 2 is 1.92 bits per heavy atom. The van der Waals surface area contributed by atoms with Crippen molar-refractivity contribution in [2.75, 3.05) is 34.4 Å². The molecule has 2 fully saturated rings. The predicted octanol–water partition coefficient (Wildman–Crippen LogP) is 2.55. The number of hydrogen-bond acceptors (Lipinski definition) is 4. The maximum absolute atomic E-state index is 12.6. The molecule has 132 valence electrons. The second-order valence-corrected chi connectivity index (χ2v) is 7.12. The van der Waals surface area contributed by atoms with Gasteiger partial charge in [-0.1, -0.05) is 0 Å². The van der Waals surface area contributed by atoms with E-state index in [0.717, 1.165) is 24.7 Å². The summed E-state index contributed by atoms with van der Waals surface area (Å²) in [6, 6.07) is 5.60. The van der Waals surface area contributed by atoms with E-state index in [-0.39, 0.29) is 11.9 Å². The minimum atomic E-state index is -0.0210. The van der Waals surface area contributed by atoms with Crippen molar-refractivity contribution in [3.63, 3.8) is 0 Å². The zero-order valence-electron chi connectivity index (χ0n) is 14.9. The van der Waals surface area contributed by atoms with Gasteiger partial charge in [0.1, 0.15) is 0 Å². The molecular formula is C19H28N2O3. The summed E-state index contributed by atoms with van der Waals surface area (Å²) in [5.74, 6) is 2.76. The number of benzene rings is 1. The molecule has 1 heterocycles. The number of likely N-dealkylation sites (tertiary alicyclic amines) is 1. The first-order valence-corrected chi connectivity index (χ1v) is 8.82. The molecule has 1 saturated carbocycles. The smallest absolute Gasteiger partial charge is 0.251 e. The molecule has 5 heteroatoms. The molecule has 0 bridgehead atoms. The second-order valence-electron chi connectivity index (χ2n) is 7.12. The molecule has 0 aromatic heterocycles. The number of nitrogens with zero attached hydrogens (tertiary/aromatic N) is 1. The van der Waals surface area contributed by atoms with E-state index >= 15 is 0 Å². The van der Waals surface area contributed by atoms with Gasteiger partial charge in [-0.3, -0.25) is 4.79 Å². The van der Waals surface area contributed by atoms with Gasteiger partial charge in [0.2, 0.25) is 0 Å². The van der Waals surface area contributed by atoms with Gasteiger partial charge >= 0.3 is 0 Å². The minimum absolute atomic E-state index is 0.0210. The Bertz CT molecular complexity index is 590. The fraction of sp³-hybridized carbons (Fsp3) is 0.632. The van der Waals surface area contributed by atoms with Crippen LogP contribution in [-0.2, 0) is 0 Å². The largest absolute Gasteiger partial charge is 0.493 e. The molecule has 0 radical (unpaired) electrons. The molecule has 0 unspecified atom stereocenters. The quantitative estimate of drug-likeness (QED) is 0.921. The number of methoxy groups -OCH3 is 2. The van der Waals surface area contributed by atoms with Crippen LogP contribution in [0.2, 0.25) is 0 Å². The van der Waals surface area contributed by atoms with E-state index in [1.807, 2.05) is 0 Å². The van der Waals surface area contributed by atoms with E-state index in [1.165, 1.54) is 25.9 Å². The normalized spacial score (nSPS) is 27.2. The van der Waals surface area contributed by atoms with Crippen LogP contribution in [0.1, 0.15) is 36.0 Å². The second kappa shape index (κ2) is 7.43. The molecular weight excluding hydrogens is 304 g/mol. The van der Waals surface area contributed by atoms with Crippen LogP contribution >= 0.6 is 0 Å². The minimum Gasteiger partial charge on any atom is -0.493 e. The molecule has 0 spiro atoms. The van der Waals surface area contributed by atoms with Crippen molar-refractivity contribution in [2.24, 2.45) is 11.8 Å². The molecule has 5 nitrogen and oxygen atoms in total. The summed E-state index contributed by atoms with van der Waals surface area (Å²) in [7, 11) is 5.39. The van der Waals surface area contributed by atoms with E-state index in [9.17, 15) is 4.79 Å². The Balaban J connectivity index is 1.61. The number of carbonyl (C=O) groups excluding carboxylic acids is 1. The summed E-state index contributed by atoms with van der Waals surface area (Å²) >= 11 is 0. The topological polar surface area (TPSA) is 50.8 Å². The van der Waals surface area contributed by atoms with Crippen molar-refractivity contribution >= 4 is 5.91 Å². The van der Waals surface area contributed by atoms with Crippen LogP contribution in [0, 0.1) is 11.8 Å². The summed E-state index contributed by atoms with van der Waals surface area (Å²) < 4.78 is 10.5. The summed E-state index contributed by atoms with van der Waals surface area (Å²) in [5.41, 5.74) is 0.623. The van der Waals surface area contributed by atoms with Crippen molar-refractivity contribution in [1.29, 1.82) is 0 Å². The van der Waals surface area contributed by atoms with Gasteiger partial charge in [-0.2, -0.15) is 0 Å². The number of hydrogen-bond donors (Lipinski definition) is 1. The van der Waals surface area contributed by atoms with Crippen molar-refractivity contribution in [3.8, 4) is 11.5 Å². The van der Waals surface area contributed by atoms with Gasteiger partial charge in [-0.05, 0) is 69.3 Å². The zero-order chi connectivity index (χ0) is 17.1. The Morgan fingerprint density at radius 1 is 1.12 bits per heavy atom. The van der Waals surface area contributed by atoms with E-state index < -0.39 is 0 Å². The highest BCUT2D eigenvalue weighted by molar-refractivity contribution is 5.95. The van der Waals surface area contributed by atoms with Crippen molar-refractivity contribution in [3.05, 3.63) is 23.8 Å². The maximum atomic E-state index is 12.6. The summed E-state index contributed by atoms with van der Waals surface area (Å²) in [5, 5.41) is 3.22. The average Bonchev–Trinajstić information content (AvgIpc) is 2.61. The van der Waals surface area contributed by atoms with Crippen LogP contribution in [-0.4, -0.2) is 51.2 Å². The summed E-state index contributed by atoms with van der Waals surface area (Å²) in [6.45, 7) is 2.39. The Kier molecular flexibility index (Phi) is 5.29. The molecule has 1 aliphatic heterocycles. The van der Waals surface area contributed by atoms with Crippen LogP contribution in [0.15, 0.2) is 18.2 Å². The van der Waals surface area contributed by atoms with Crippen LogP contribution in [0.3, 0.4) is 0 Å². The third-order valence-corrected chi connectivity index (χ3v) is 5.55. The van der Waals surface area contributed by atoms with E-state index in [0.29, 0.717) is 17.1 Å². The van der Waals surface area contributed by atoms with E-state index in [1.54, 1.807) is 32.4 Å². The SMILES string of the molecule is COc1ccc(C(=O)N[C@@H]2CC[C@@H]3CN(C)CC[C@@H]3C2)cc1OC. The molecule has 1 aromatic carbocycles. The molecule has 1 aliphatic carbocycles. The standard InChI is InChI=1S/C19H28N2O3/c1-21-9-8-13-10-16(6-4-15(13)12-21)20-19(22)14-5-7-17(23-2)18(11-14)24-3/h5,7,11,13,15-16H,4,6,8-10,12H2,1-3H3,(H,20,22)/t13-,15-,16-/m1/s1. The van der Waals surface area contributed by atoms with Gasteiger partial charge in [0.15, 0.2) is 11.5 Å². The first kappa shape index (κ1) is 17.1. The lowest BCUT2D eigenvalue weighted by Gasteiger charge is -2.42. The molecule has 1 N–H and O–H groups in total. The number of nitrogens with one attached hydrogen (secondary N) is 1. The fourth-order valence-corrected chi connectivity index (χ4v) is 4.18. The van der Waals surface area contributed by atoms with Gasteiger partial charge in [0.05, 0.1) is 14.2 Å². The highest BCUT2D eigenvalue weighted by Gasteiger charge is 2.34. The lowest BCUT2D eigenvalue weighted by Crippen LogP contribution is -2.46. The third-order valence-electron chi connectivity index (χ3n) is 5.55. The van der Waals surface area contributed by atoms with Crippen molar-refractivity contribution in [1.82, 2.24) is 10.2 Å². The molecule has 24 heavy (non-hydrogen) atoms. The van der Waals surface area contributed by atoms with Gasteiger partial charge in [-0.25, -0.2) is 0 Å². The highest BCUT2D eigenvalue weighted by atomic mass is 16.5. The number of carbonyl (C=O) groups is 1. The first-order chi connectivity index (χ1) is 11.6. The molecule has 1 saturated heterocycles. The predicted molar refractivity (Wildman–Crippen MR) is 93.7 cm³/mol. The lowest BCUT2D eigenvalue weighted by atomic mass is 9.73. The fourth-order valence-electron chi connectivity index (χ4n) is 4.18. The third kappa shape index (κ3) is 3.66. The monoisotopic (exact) mass is 332 g/mol. The Labute approximate surface area is 144 Å².